The van der Waals surface area contributed by atoms with E-state index in [0.717, 1.165) is 0 Å². The van der Waals surface area contributed by atoms with Gasteiger partial charge in [0.1, 0.15) is 0 Å². The van der Waals surface area contributed by atoms with E-state index in [9.17, 15) is 0 Å². The van der Waals surface area contributed by atoms with Crippen molar-refractivity contribution < 1.29 is 17.0 Å². The van der Waals surface area contributed by atoms with Crippen LogP contribution in [0.2, 0.25) is 0 Å². The summed E-state index contributed by atoms with van der Waals surface area (Å²) in [6.07, 6.45) is 11.5. The fourth-order valence-corrected chi connectivity index (χ4v) is 2.29. The van der Waals surface area contributed by atoms with Crippen LogP contribution in [-0.2, 0) is 17.0 Å². The summed E-state index contributed by atoms with van der Waals surface area (Å²) in [5.41, 5.74) is 0. The van der Waals surface area contributed by atoms with E-state index in [2.05, 4.69) is 18.2 Å². The Balaban J connectivity index is 2.41. The maximum absolute atomic E-state index is 5.76. The van der Waals surface area contributed by atoms with Gasteiger partial charge in [-0.25, -0.2) is 0 Å². The number of rotatable bonds is 1. The van der Waals surface area contributed by atoms with Gasteiger partial charge in [-0.1, -0.05) is 0 Å². The van der Waals surface area contributed by atoms with Crippen molar-refractivity contribution >= 4 is 9.53 Å². The van der Waals surface area contributed by atoms with Gasteiger partial charge in [0, 0.05) is 0 Å². The maximum atomic E-state index is 5.76. The topological polar surface area (TPSA) is 0 Å². The van der Waals surface area contributed by atoms with Crippen molar-refractivity contribution in [2.45, 2.75) is 25.7 Å². The minimum atomic E-state index is 0.325. The second-order valence-corrected chi connectivity index (χ2v) is 4.26. The Kier molecular flexibility index (Phi) is 4.38. The van der Waals surface area contributed by atoms with Gasteiger partial charge in [0.2, 0.25) is 0 Å². The van der Waals surface area contributed by atoms with Crippen molar-refractivity contribution in [3.8, 4) is 0 Å². The average Bonchev–Trinajstić information content (AvgIpc) is 1.87. The molecule has 0 amide bonds. The third-order valence-corrected chi connectivity index (χ3v) is 3.46. The molecule has 0 atom stereocenters. The van der Waals surface area contributed by atoms with Crippen LogP contribution in [0, 0.1) is 0 Å². The van der Waals surface area contributed by atoms with Crippen LogP contribution in [0.5, 0.6) is 0 Å². The standard InChI is InChI=1S/C8H11.ClH.Pd/c1-2-4-6-8-7-5-3-1;;/h1-2,7H,3-6H2;1H;/q;;+1/p-1. The molecule has 0 aromatic rings. The number of halogens is 1. The summed E-state index contributed by atoms with van der Waals surface area (Å²) in [5.74, 6) is 0. The Morgan fingerprint density at radius 1 is 1.20 bits per heavy atom. The fraction of sp³-hybridized carbons (Fsp3) is 0.500. The molecule has 0 N–H and O–H groups in total. The Morgan fingerprint density at radius 2 is 2.00 bits per heavy atom. The third-order valence-electron chi connectivity index (χ3n) is 1.46. The van der Waals surface area contributed by atoms with Crippen LogP contribution in [0.15, 0.2) is 22.3 Å². The molecule has 0 nitrogen and oxygen atoms in total. The van der Waals surface area contributed by atoms with E-state index in [4.69, 9.17) is 9.53 Å². The fourth-order valence-electron chi connectivity index (χ4n) is 0.932. The Labute approximate surface area is 74.5 Å². The Bertz CT molecular complexity index is 149. The normalized spacial score (nSPS) is 19.9. The SMILES string of the molecule is [Cl][Pd][C]1=CCCC=CCC1. The quantitative estimate of drug-likeness (QED) is 0.494. The Hall–Kier alpha value is 0.432. The molecule has 0 heterocycles. The molecule has 0 aromatic heterocycles. The predicted molar refractivity (Wildman–Crippen MR) is 41.5 cm³/mol. The van der Waals surface area contributed by atoms with Gasteiger partial charge < -0.3 is 0 Å². The molecule has 0 aliphatic heterocycles. The second kappa shape index (κ2) is 5.13. The zero-order valence-corrected chi connectivity index (χ0v) is 8.07. The van der Waals surface area contributed by atoms with E-state index in [-0.39, 0.29) is 0 Å². The van der Waals surface area contributed by atoms with E-state index in [1.54, 1.807) is 0 Å². The van der Waals surface area contributed by atoms with Crippen LogP contribution in [-0.4, -0.2) is 0 Å². The molecular weight excluding hydrogens is 238 g/mol. The first-order valence-corrected chi connectivity index (χ1v) is 6.26. The van der Waals surface area contributed by atoms with Crippen LogP contribution >= 0.6 is 9.53 Å². The average molecular weight is 249 g/mol. The molecule has 10 heavy (non-hydrogen) atoms. The molecule has 2 heteroatoms. The first-order valence-electron chi connectivity index (χ1n) is 3.48. The van der Waals surface area contributed by atoms with E-state index < -0.39 is 0 Å². The molecule has 1 aliphatic rings. The van der Waals surface area contributed by atoms with E-state index in [1.807, 2.05) is 0 Å². The molecular formula is C8H11ClPd. The molecule has 0 fully saturated rings. The Morgan fingerprint density at radius 3 is 2.80 bits per heavy atom. The molecule has 0 unspecified atom stereocenters. The summed E-state index contributed by atoms with van der Waals surface area (Å²) in [6.45, 7) is 0. The van der Waals surface area contributed by atoms with E-state index >= 15 is 0 Å². The van der Waals surface area contributed by atoms with Gasteiger partial charge in [-0.2, -0.15) is 0 Å². The van der Waals surface area contributed by atoms with Crippen molar-refractivity contribution in [1.29, 1.82) is 0 Å². The number of hydrogen-bond acceptors (Lipinski definition) is 0. The van der Waals surface area contributed by atoms with Crippen LogP contribution in [0.25, 0.3) is 0 Å². The first kappa shape index (κ1) is 8.53. The zero-order valence-electron chi connectivity index (χ0n) is 5.75. The van der Waals surface area contributed by atoms with E-state index in [0.29, 0.717) is 17.0 Å². The molecule has 0 aromatic carbocycles. The molecule has 0 radical (unpaired) electrons. The van der Waals surface area contributed by atoms with Gasteiger partial charge in [0.15, 0.2) is 0 Å². The van der Waals surface area contributed by atoms with Crippen LogP contribution in [0.4, 0.5) is 0 Å². The van der Waals surface area contributed by atoms with Gasteiger partial charge in [0.05, 0.1) is 0 Å². The van der Waals surface area contributed by atoms with Crippen molar-refractivity contribution in [2.75, 3.05) is 0 Å². The molecule has 0 bridgehead atoms. The van der Waals surface area contributed by atoms with Gasteiger partial charge in [-0.05, 0) is 0 Å². The van der Waals surface area contributed by atoms with Gasteiger partial charge in [0.25, 0.3) is 0 Å². The second-order valence-electron chi connectivity index (χ2n) is 2.26. The summed E-state index contributed by atoms with van der Waals surface area (Å²) in [4.78, 5) is 0. The van der Waals surface area contributed by atoms with Crippen LogP contribution in [0.3, 0.4) is 0 Å². The number of hydrogen-bond donors (Lipinski definition) is 0. The van der Waals surface area contributed by atoms with E-state index in [1.165, 1.54) is 29.7 Å². The van der Waals surface area contributed by atoms with Gasteiger partial charge in [-0.3, -0.25) is 0 Å². The summed E-state index contributed by atoms with van der Waals surface area (Å²) in [5, 5.41) is 0. The molecule has 0 saturated carbocycles. The zero-order chi connectivity index (χ0) is 7.23. The summed E-state index contributed by atoms with van der Waals surface area (Å²) in [6, 6.07) is 0. The monoisotopic (exact) mass is 248 g/mol. The van der Waals surface area contributed by atoms with Crippen molar-refractivity contribution in [3.63, 3.8) is 0 Å². The predicted octanol–water partition coefficient (Wildman–Crippen LogP) is 3.24. The molecule has 1 aliphatic carbocycles. The summed E-state index contributed by atoms with van der Waals surface area (Å²) in [7, 11) is 5.76. The minimum absolute atomic E-state index is 0.325. The van der Waals surface area contributed by atoms with Gasteiger partial charge in [-0.15, -0.1) is 0 Å². The van der Waals surface area contributed by atoms with Crippen molar-refractivity contribution in [3.05, 3.63) is 22.3 Å². The first-order chi connectivity index (χ1) is 4.93. The van der Waals surface area contributed by atoms with Crippen molar-refractivity contribution in [1.82, 2.24) is 0 Å². The summed E-state index contributed by atoms with van der Waals surface area (Å²) < 4.78 is 1.46. The molecule has 0 spiro atoms. The summed E-state index contributed by atoms with van der Waals surface area (Å²) >= 11 is 0.325. The number of allylic oxidation sites excluding steroid dienone is 4. The van der Waals surface area contributed by atoms with Crippen LogP contribution < -0.4 is 0 Å². The molecule has 1 rings (SSSR count). The molecule has 60 valence electrons. The third kappa shape index (κ3) is 3.01. The van der Waals surface area contributed by atoms with Crippen molar-refractivity contribution in [2.24, 2.45) is 0 Å². The molecule has 0 saturated heterocycles. The van der Waals surface area contributed by atoms with Crippen LogP contribution in [0.1, 0.15) is 25.7 Å². The van der Waals surface area contributed by atoms with Gasteiger partial charge >= 0.3 is 74.4 Å².